The number of hydrogen-bond donors (Lipinski definition) is 0. The third kappa shape index (κ3) is 2.56. The SMILES string of the molecule is Cc1cc(C#Cc2cnc(C)n2CC#N)ccn1. The molecule has 0 aliphatic carbocycles. The van der Waals surface area contributed by atoms with Gasteiger partial charge in [-0.2, -0.15) is 5.26 Å². The molecule has 0 saturated heterocycles. The van der Waals surface area contributed by atoms with Crippen LogP contribution in [-0.4, -0.2) is 14.5 Å². The summed E-state index contributed by atoms with van der Waals surface area (Å²) in [5, 5.41) is 8.75. The summed E-state index contributed by atoms with van der Waals surface area (Å²) >= 11 is 0. The van der Waals surface area contributed by atoms with Gasteiger partial charge in [0, 0.05) is 17.5 Å². The Morgan fingerprint density at radius 3 is 2.83 bits per heavy atom. The zero-order valence-electron chi connectivity index (χ0n) is 10.3. The van der Waals surface area contributed by atoms with Crippen molar-refractivity contribution < 1.29 is 0 Å². The fourth-order valence-corrected chi connectivity index (χ4v) is 1.60. The van der Waals surface area contributed by atoms with Crippen LogP contribution in [-0.2, 0) is 6.54 Å². The summed E-state index contributed by atoms with van der Waals surface area (Å²) in [5.74, 6) is 6.89. The molecule has 2 rings (SSSR count). The average Bonchev–Trinajstić information content (AvgIpc) is 2.69. The second kappa shape index (κ2) is 5.16. The number of rotatable bonds is 1. The molecule has 0 fully saturated rings. The van der Waals surface area contributed by atoms with Gasteiger partial charge in [-0.15, -0.1) is 0 Å². The summed E-state index contributed by atoms with van der Waals surface area (Å²) in [6.07, 6.45) is 3.42. The molecular formula is C14H12N4. The van der Waals surface area contributed by atoms with Crippen molar-refractivity contribution in [1.82, 2.24) is 14.5 Å². The fraction of sp³-hybridized carbons (Fsp3) is 0.214. The first-order chi connectivity index (χ1) is 8.70. The molecule has 2 heterocycles. The molecule has 0 radical (unpaired) electrons. The Morgan fingerprint density at radius 2 is 2.11 bits per heavy atom. The Balaban J connectivity index is 2.33. The van der Waals surface area contributed by atoms with Gasteiger partial charge >= 0.3 is 0 Å². The van der Waals surface area contributed by atoms with Crippen LogP contribution in [0.3, 0.4) is 0 Å². The van der Waals surface area contributed by atoms with Crippen LogP contribution >= 0.6 is 0 Å². The van der Waals surface area contributed by atoms with E-state index in [2.05, 4.69) is 27.9 Å². The smallest absolute Gasteiger partial charge is 0.113 e. The van der Waals surface area contributed by atoms with Gasteiger partial charge in [-0.25, -0.2) is 4.98 Å². The lowest BCUT2D eigenvalue weighted by Crippen LogP contribution is -2.01. The molecule has 0 aliphatic heterocycles. The van der Waals surface area contributed by atoms with Crippen molar-refractivity contribution in [2.75, 3.05) is 0 Å². The van der Waals surface area contributed by atoms with Crippen LogP contribution in [0.25, 0.3) is 0 Å². The van der Waals surface area contributed by atoms with E-state index >= 15 is 0 Å². The maximum atomic E-state index is 8.75. The van der Waals surface area contributed by atoms with Gasteiger partial charge < -0.3 is 4.57 Å². The maximum absolute atomic E-state index is 8.75. The highest BCUT2D eigenvalue weighted by atomic mass is 15.1. The first kappa shape index (κ1) is 11.9. The van der Waals surface area contributed by atoms with Crippen molar-refractivity contribution in [1.29, 1.82) is 5.26 Å². The number of aromatic nitrogens is 3. The van der Waals surface area contributed by atoms with Crippen molar-refractivity contribution in [2.24, 2.45) is 0 Å². The topological polar surface area (TPSA) is 54.5 Å². The van der Waals surface area contributed by atoms with Gasteiger partial charge in [0.15, 0.2) is 0 Å². The van der Waals surface area contributed by atoms with E-state index in [9.17, 15) is 0 Å². The first-order valence-corrected chi connectivity index (χ1v) is 5.54. The van der Waals surface area contributed by atoms with Crippen LogP contribution in [0, 0.1) is 37.0 Å². The predicted octanol–water partition coefficient (Wildman–Crippen LogP) is 1.82. The van der Waals surface area contributed by atoms with Crippen LogP contribution in [0.5, 0.6) is 0 Å². The summed E-state index contributed by atoms with van der Waals surface area (Å²) in [4.78, 5) is 8.28. The Morgan fingerprint density at radius 1 is 1.28 bits per heavy atom. The van der Waals surface area contributed by atoms with Gasteiger partial charge in [0.05, 0.1) is 12.3 Å². The Labute approximate surface area is 106 Å². The van der Waals surface area contributed by atoms with Crippen molar-refractivity contribution in [3.8, 4) is 17.9 Å². The second-order valence-electron chi connectivity index (χ2n) is 3.87. The molecule has 0 spiro atoms. The minimum absolute atomic E-state index is 0.269. The molecule has 4 heteroatoms. The zero-order valence-corrected chi connectivity index (χ0v) is 10.3. The van der Waals surface area contributed by atoms with E-state index in [1.807, 2.05) is 26.0 Å². The van der Waals surface area contributed by atoms with E-state index in [-0.39, 0.29) is 6.54 Å². The molecule has 0 amide bonds. The molecule has 0 unspecified atom stereocenters. The molecule has 0 N–H and O–H groups in total. The minimum atomic E-state index is 0.269. The van der Waals surface area contributed by atoms with E-state index < -0.39 is 0 Å². The number of nitriles is 1. The van der Waals surface area contributed by atoms with Gasteiger partial charge in [0.1, 0.15) is 18.1 Å². The van der Waals surface area contributed by atoms with Crippen LogP contribution in [0.1, 0.15) is 22.8 Å². The lowest BCUT2D eigenvalue weighted by Gasteiger charge is -1.99. The molecular weight excluding hydrogens is 224 g/mol. The van der Waals surface area contributed by atoms with Gasteiger partial charge in [-0.3, -0.25) is 4.98 Å². The summed E-state index contributed by atoms with van der Waals surface area (Å²) in [6, 6.07) is 5.88. The van der Waals surface area contributed by atoms with Gasteiger partial charge in [0.2, 0.25) is 0 Å². The van der Waals surface area contributed by atoms with E-state index in [4.69, 9.17) is 5.26 Å². The van der Waals surface area contributed by atoms with Crippen LogP contribution < -0.4 is 0 Å². The normalized spacial score (nSPS) is 9.39. The molecule has 88 valence electrons. The van der Waals surface area contributed by atoms with Gasteiger partial charge in [0.25, 0.3) is 0 Å². The average molecular weight is 236 g/mol. The summed E-state index contributed by atoms with van der Waals surface area (Å²) in [6.45, 7) is 4.06. The Kier molecular flexibility index (Phi) is 3.41. The monoisotopic (exact) mass is 236 g/mol. The van der Waals surface area contributed by atoms with Crippen molar-refractivity contribution >= 4 is 0 Å². The Hall–Kier alpha value is -2.59. The fourth-order valence-electron chi connectivity index (χ4n) is 1.60. The lowest BCUT2D eigenvalue weighted by molar-refractivity contribution is 0.780. The quantitative estimate of drug-likeness (QED) is 0.710. The van der Waals surface area contributed by atoms with Crippen LogP contribution in [0.4, 0.5) is 0 Å². The predicted molar refractivity (Wildman–Crippen MR) is 67.5 cm³/mol. The molecule has 0 bridgehead atoms. The summed E-state index contributed by atoms with van der Waals surface area (Å²) in [5.41, 5.74) is 2.59. The molecule has 0 atom stereocenters. The van der Waals surface area contributed by atoms with Crippen LogP contribution in [0.15, 0.2) is 24.5 Å². The van der Waals surface area contributed by atoms with Gasteiger partial charge in [-0.05, 0) is 31.9 Å². The van der Waals surface area contributed by atoms with Crippen molar-refractivity contribution in [3.63, 3.8) is 0 Å². The molecule has 2 aromatic rings. The third-order valence-electron chi connectivity index (χ3n) is 2.52. The highest BCUT2D eigenvalue weighted by Gasteiger charge is 2.02. The van der Waals surface area contributed by atoms with Crippen LogP contribution in [0.2, 0.25) is 0 Å². The number of pyridine rings is 1. The highest BCUT2D eigenvalue weighted by molar-refractivity contribution is 5.40. The number of hydrogen-bond acceptors (Lipinski definition) is 3. The lowest BCUT2D eigenvalue weighted by atomic mass is 10.2. The van der Waals surface area contributed by atoms with Crippen molar-refractivity contribution in [3.05, 3.63) is 47.3 Å². The van der Waals surface area contributed by atoms with E-state index in [1.54, 1.807) is 17.0 Å². The molecule has 0 saturated carbocycles. The van der Waals surface area contributed by atoms with E-state index in [1.165, 1.54) is 0 Å². The number of imidazole rings is 1. The van der Waals surface area contributed by atoms with Crippen molar-refractivity contribution in [2.45, 2.75) is 20.4 Å². The molecule has 18 heavy (non-hydrogen) atoms. The Bertz CT molecular complexity index is 665. The molecule has 4 nitrogen and oxygen atoms in total. The number of aryl methyl sites for hydroxylation is 2. The molecule has 2 aromatic heterocycles. The summed E-state index contributed by atoms with van der Waals surface area (Å²) in [7, 11) is 0. The molecule has 0 aromatic carbocycles. The van der Waals surface area contributed by atoms with E-state index in [0.29, 0.717) is 0 Å². The molecule has 0 aliphatic rings. The zero-order chi connectivity index (χ0) is 13.0. The maximum Gasteiger partial charge on any atom is 0.113 e. The summed E-state index contributed by atoms with van der Waals surface area (Å²) < 4.78 is 1.79. The largest absolute Gasteiger partial charge is 0.308 e. The standard InChI is InChI=1S/C14H12N4/c1-11-9-13(5-7-16-11)3-4-14-10-17-12(2)18(14)8-6-15/h5,7,9-10H,8H2,1-2H3. The second-order valence-corrected chi connectivity index (χ2v) is 3.87. The highest BCUT2D eigenvalue weighted by Crippen LogP contribution is 2.04. The minimum Gasteiger partial charge on any atom is -0.308 e. The van der Waals surface area contributed by atoms with E-state index in [0.717, 1.165) is 22.8 Å². The van der Waals surface area contributed by atoms with Gasteiger partial charge in [-0.1, -0.05) is 5.92 Å². The third-order valence-corrected chi connectivity index (χ3v) is 2.52. The first-order valence-electron chi connectivity index (χ1n) is 5.54. The number of nitrogens with zero attached hydrogens (tertiary/aromatic N) is 4.